The first kappa shape index (κ1) is 12.3. The lowest BCUT2D eigenvalue weighted by atomic mass is 10.0. The number of carbonyl (C=O) groups excluding carboxylic acids is 1. The lowest BCUT2D eigenvalue weighted by Crippen LogP contribution is -2.25. The van der Waals surface area contributed by atoms with Gasteiger partial charge in [-0.15, -0.1) is 0 Å². The van der Waals surface area contributed by atoms with Gasteiger partial charge in [0.25, 0.3) is 0 Å². The first-order chi connectivity index (χ1) is 9.11. The number of fused-ring (bicyclic) bond motifs is 1. The number of aryl methyl sites for hydroxylation is 1. The Morgan fingerprint density at radius 1 is 1.42 bits per heavy atom. The third-order valence-electron chi connectivity index (χ3n) is 3.92. The zero-order valence-electron chi connectivity index (χ0n) is 11.2. The average Bonchev–Trinajstić information content (AvgIpc) is 2.76. The lowest BCUT2D eigenvalue weighted by molar-refractivity contribution is -0.116. The van der Waals surface area contributed by atoms with Crippen LogP contribution in [0.15, 0.2) is 12.1 Å². The van der Waals surface area contributed by atoms with Gasteiger partial charge in [-0.3, -0.25) is 4.79 Å². The van der Waals surface area contributed by atoms with Gasteiger partial charge in [0.2, 0.25) is 5.91 Å². The molecule has 5 heteroatoms. The van der Waals surface area contributed by atoms with Crippen LogP contribution in [0.1, 0.15) is 18.4 Å². The quantitative estimate of drug-likeness (QED) is 0.700. The van der Waals surface area contributed by atoms with Crippen molar-refractivity contribution in [2.24, 2.45) is 0 Å². The van der Waals surface area contributed by atoms with Crippen LogP contribution in [0.4, 0.5) is 17.1 Å². The minimum Gasteiger partial charge on any atom is -0.397 e. The summed E-state index contributed by atoms with van der Waals surface area (Å²) in [7, 11) is 2.13. The Kier molecular flexibility index (Phi) is 3.06. The molecule has 0 aliphatic carbocycles. The van der Waals surface area contributed by atoms with Gasteiger partial charge in [-0.1, -0.05) is 0 Å². The summed E-state index contributed by atoms with van der Waals surface area (Å²) in [6.07, 6.45) is 2.49. The standard InChI is InChI=1S/C14H20N4O/c1-18-5-4-10(8-18)16-13-6-9-2-3-14(19)17-12(9)7-11(13)15/h6-7,10,16H,2-5,8,15H2,1H3,(H,17,19). The number of hydrogen-bond donors (Lipinski definition) is 3. The number of benzene rings is 1. The molecule has 1 saturated heterocycles. The second kappa shape index (κ2) is 4.74. The molecule has 1 fully saturated rings. The van der Waals surface area contributed by atoms with Crippen LogP contribution in [-0.2, 0) is 11.2 Å². The molecule has 0 bridgehead atoms. The van der Waals surface area contributed by atoms with E-state index in [4.69, 9.17) is 5.73 Å². The highest BCUT2D eigenvalue weighted by Crippen LogP contribution is 2.31. The van der Waals surface area contributed by atoms with Crippen molar-refractivity contribution in [2.45, 2.75) is 25.3 Å². The van der Waals surface area contributed by atoms with E-state index in [2.05, 4.69) is 28.6 Å². The van der Waals surface area contributed by atoms with Crippen LogP contribution in [0.5, 0.6) is 0 Å². The van der Waals surface area contributed by atoms with Crippen molar-refractivity contribution in [1.82, 2.24) is 4.90 Å². The molecule has 2 aliphatic heterocycles. The Balaban J connectivity index is 1.80. The van der Waals surface area contributed by atoms with Crippen molar-refractivity contribution in [3.63, 3.8) is 0 Å². The molecule has 19 heavy (non-hydrogen) atoms. The van der Waals surface area contributed by atoms with E-state index in [1.165, 1.54) is 5.56 Å². The molecule has 3 rings (SSSR count). The molecular weight excluding hydrogens is 240 g/mol. The molecule has 102 valence electrons. The Bertz CT molecular complexity index is 514. The number of nitrogens with zero attached hydrogens (tertiary/aromatic N) is 1. The predicted molar refractivity (Wildman–Crippen MR) is 77.3 cm³/mol. The van der Waals surface area contributed by atoms with Crippen molar-refractivity contribution in [2.75, 3.05) is 36.5 Å². The maximum atomic E-state index is 11.4. The van der Waals surface area contributed by atoms with Crippen LogP contribution in [0.3, 0.4) is 0 Å². The normalized spacial score (nSPS) is 23.0. The van der Waals surface area contributed by atoms with E-state index >= 15 is 0 Å². The molecule has 1 amide bonds. The highest BCUT2D eigenvalue weighted by Gasteiger charge is 2.21. The van der Waals surface area contributed by atoms with Gasteiger partial charge in [0, 0.05) is 24.7 Å². The van der Waals surface area contributed by atoms with Crippen LogP contribution in [0.25, 0.3) is 0 Å². The third-order valence-corrected chi connectivity index (χ3v) is 3.92. The number of likely N-dealkylation sites (tertiary alicyclic amines) is 1. The van der Waals surface area contributed by atoms with Gasteiger partial charge in [-0.25, -0.2) is 0 Å². The lowest BCUT2D eigenvalue weighted by Gasteiger charge is -2.21. The number of nitrogens with two attached hydrogens (primary N) is 1. The molecule has 0 saturated carbocycles. The summed E-state index contributed by atoms with van der Waals surface area (Å²) in [5, 5.41) is 6.40. The molecule has 2 aliphatic rings. The second-order valence-corrected chi connectivity index (χ2v) is 5.54. The molecule has 1 aromatic carbocycles. The molecule has 0 radical (unpaired) electrons. The highest BCUT2D eigenvalue weighted by atomic mass is 16.1. The maximum absolute atomic E-state index is 11.4. The van der Waals surface area contributed by atoms with E-state index in [1.54, 1.807) is 0 Å². The van der Waals surface area contributed by atoms with Crippen LogP contribution < -0.4 is 16.4 Å². The zero-order chi connectivity index (χ0) is 13.4. The molecule has 1 atom stereocenters. The van der Waals surface area contributed by atoms with Gasteiger partial charge in [0.05, 0.1) is 11.4 Å². The monoisotopic (exact) mass is 260 g/mol. The number of carbonyl (C=O) groups is 1. The van der Waals surface area contributed by atoms with Crippen molar-refractivity contribution in [3.8, 4) is 0 Å². The fraction of sp³-hybridized carbons (Fsp3) is 0.500. The van der Waals surface area contributed by atoms with E-state index in [9.17, 15) is 4.79 Å². The Labute approximate surface area is 113 Å². The summed E-state index contributed by atoms with van der Waals surface area (Å²) in [5.41, 5.74) is 9.81. The topological polar surface area (TPSA) is 70.4 Å². The van der Waals surface area contributed by atoms with Crippen molar-refractivity contribution < 1.29 is 4.79 Å². The number of anilines is 3. The molecule has 5 nitrogen and oxygen atoms in total. The average molecular weight is 260 g/mol. The van der Waals surface area contributed by atoms with Crippen LogP contribution in [0.2, 0.25) is 0 Å². The van der Waals surface area contributed by atoms with Crippen molar-refractivity contribution in [3.05, 3.63) is 17.7 Å². The van der Waals surface area contributed by atoms with Gasteiger partial charge in [-0.2, -0.15) is 0 Å². The molecule has 0 spiro atoms. The van der Waals surface area contributed by atoms with Crippen molar-refractivity contribution >= 4 is 23.0 Å². The summed E-state index contributed by atoms with van der Waals surface area (Å²) >= 11 is 0. The molecule has 1 unspecified atom stereocenters. The molecule has 1 aromatic rings. The molecule has 4 N–H and O–H groups in total. The van der Waals surface area contributed by atoms with E-state index in [0.29, 0.717) is 18.2 Å². The van der Waals surface area contributed by atoms with Crippen LogP contribution in [-0.4, -0.2) is 37.0 Å². The first-order valence-corrected chi connectivity index (χ1v) is 6.79. The summed E-state index contributed by atoms with van der Waals surface area (Å²) in [6.45, 7) is 2.17. The van der Waals surface area contributed by atoms with Gasteiger partial charge >= 0.3 is 0 Å². The number of likely N-dealkylation sites (N-methyl/N-ethyl adjacent to an activating group) is 1. The molecule has 0 aromatic heterocycles. The van der Waals surface area contributed by atoms with Gasteiger partial charge < -0.3 is 21.3 Å². The number of rotatable bonds is 2. The van der Waals surface area contributed by atoms with E-state index in [1.807, 2.05) is 6.07 Å². The van der Waals surface area contributed by atoms with E-state index in [0.717, 1.165) is 37.3 Å². The third kappa shape index (κ3) is 2.51. The van der Waals surface area contributed by atoms with Crippen molar-refractivity contribution in [1.29, 1.82) is 0 Å². The minimum absolute atomic E-state index is 0.0741. The van der Waals surface area contributed by atoms with Gasteiger partial charge in [0.15, 0.2) is 0 Å². The Morgan fingerprint density at radius 2 is 2.26 bits per heavy atom. The molecule has 2 heterocycles. The summed E-state index contributed by atoms with van der Waals surface area (Å²) < 4.78 is 0. The van der Waals surface area contributed by atoms with Gasteiger partial charge in [0.1, 0.15) is 0 Å². The zero-order valence-corrected chi connectivity index (χ0v) is 11.2. The smallest absolute Gasteiger partial charge is 0.224 e. The fourth-order valence-electron chi connectivity index (χ4n) is 2.84. The Morgan fingerprint density at radius 3 is 3.00 bits per heavy atom. The predicted octanol–water partition coefficient (Wildman–Crippen LogP) is 1.27. The van der Waals surface area contributed by atoms with Crippen LogP contribution >= 0.6 is 0 Å². The number of amides is 1. The number of nitrogen functional groups attached to an aromatic ring is 1. The minimum atomic E-state index is 0.0741. The SMILES string of the molecule is CN1CCC(Nc2cc3c(cc2N)NC(=O)CC3)C1. The summed E-state index contributed by atoms with van der Waals surface area (Å²) in [4.78, 5) is 13.7. The highest BCUT2D eigenvalue weighted by molar-refractivity contribution is 5.95. The second-order valence-electron chi connectivity index (χ2n) is 5.54. The van der Waals surface area contributed by atoms with E-state index in [-0.39, 0.29) is 5.91 Å². The summed E-state index contributed by atoms with van der Waals surface area (Å²) in [5.74, 6) is 0.0741. The first-order valence-electron chi connectivity index (χ1n) is 6.79. The fourth-order valence-corrected chi connectivity index (χ4v) is 2.84. The van der Waals surface area contributed by atoms with Crippen LogP contribution in [0, 0.1) is 0 Å². The summed E-state index contributed by atoms with van der Waals surface area (Å²) in [6, 6.07) is 4.42. The number of nitrogens with one attached hydrogen (secondary N) is 2. The maximum Gasteiger partial charge on any atom is 0.224 e. The Hall–Kier alpha value is -1.75. The van der Waals surface area contributed by atoms with E-state index < -0.39 is 0 Å². The van der Waals surface area contributed by atoms with Gasteiger partial charge in [-0.05, 0) is 44.1 Å². The number of hydrogen-bond acceptors (Lipinski definition) is 4. The molecular formula is C14H20N4O. The largest absolute Gasteiger partial charge is 0.397 e.